The van der Waals surface area contributed by atoms with Crippen LogP contribution < -0.4 is 0 Å². The van der Waals surface area contributed by atoms with E-state index in [1.807, 2.05) is 0 Å². The Morgan fingerprint density at radius 3 is 2.78 bits per heavy atom. The number of rotatable bonds is 2. The van der Waals surface area contributed by atoms with E-state index in [2.05, 4.69) is 19.6 Å². The standard InChI is InChI=1S/C14H17FO2S/c1-9-4-2-3-5-12(9)17-14(16)10-6-7-11(15)13(18)8-10/h6-9,12,18H,2-5H2,1H3. The molecule has 2 unspecified atom stereocenters. The van der Waals surface area contributed by atoms with Gasteiger partial charge in [0.2, 0.25) is 0 Å². The van der Waals surface area contributed by atoms with Crippen LogP contribution in [0.2, 0.25) is 0 Å². The second-order valence-corrected chi connectivity index (χ2v) is 5.35. The molecule has 0 aromatic heterocycles. The number of thiol groups is 1. The summed E-state index contributed by atoms with van der Waals surface area (Å²) in [7, 11) is 0. The van der Waals surface area contributed by atoms with E-state index in [0.29, 0.717) is 11.5 Å². The Balaban J connectivity index is 2.04. The van der Waals surface area contributed by atoms with E-state index >= 15 is 0 Å². The number of carbonyl (C=O) groups is 1. The summed E-state index contributed by atoms with van der Waals surface area (Å²) < 4.78 is 18.5. The number of esters is 1. The molecule has 1 aromatic carbocycles. The molecule has 1 aromatic rings. The first-order valence-electron chi connectivity index (χ1n) is 6.27. The first-order valence-corrected chi connectivity index (χ1v) is 6.72. The zero-order valence-corrected chi connectivity index (χ0v) is 11.3. The van der Waals surface area contributed by atoms with Gasteiger partial charge in [0.15, 0.2) is 0 Å². The minimum Gasteiger partial charge on any atom is -0.459 e. The Bertz CT molecular complexity index is 447. The number of hydrogen-bond donors (Lipinski definition) is 1. The maximum absolute atomic E-state index is 13.1. The van der Waals surface area contributed by atoms with Crippen molar-refractivity contribution in [3.8, 4) is 0 Å². The molecule has 18 heavy (non-hydrogen) atoms. The molecule has 1 aliphatic carbocycles. The molecule has 0 saturated heterocycles. The van der Waals surface area contributed by atoms with E-state index in [4.69, 9.17) is 4.74 Å². The van der Waals surface area contributed by atoms with E-state index in [1.165, 1.54) is 24.6 Å². The van der Waals surface area contributed by atoms with E-state index < -0.39 is 5.82 Å². The predicted octanol–water partition coefficient (Wildman–Crippen LogP) is 3.85. The normalized spacial score (nSPS) is 23.7. The van der Waals surface area contributed by atoms with Crippen LogP contribution >= 0.6 is 12.6 Å². The lowest BCUT2D eigenvalue weighted by Gasteiger charge is -2.28. The van der Waals surface area contributed by atoms with E-state index in [9.17, 15) is 9.18 Å². The SMILES string of the molecule is CC1CCCCC1OC(=O)c1ccc(F)c(S)c1. The van der Waals surface area contributed by atoms with E-state index in [1.54, 1.807) is 0 Å². The zero-order chi connectivity index (χ0) is 13.1. The van der Waals surface area contributed by atoms with Crippen molar-refractivity contribution in [2.45, 2.75) is 43.6 Å². The van der Waals surface area contributed by atoms with Gasteiger partial charge in [-0.25, -0.2) is 9.18 Å². The zero-order valence-electron chi connectivity index (χ0n) is 10.4. The molecular weight excluding hydrogens is 251 g/mol. The second-order valence-electron chi connectivity index (χ2n) is 4.87. The van der Waals surface area contributed by atoms with Gasteiger partial charge in [0.1, 0.15) is 11.9 Å². The summed E-state index contributed by atoms with van der Waals surface area (Å²) in [6, 6.07) is 4.09. The minimum atomic E-state index is -0.430. The van der Waals surface area contributed by atoms with Crippen molar-refractivity contribution in [3.63, 3.8) is 0 Å². The average Bonchev–Trinajstić information content (AvgIpc) is 2.35. The fourth-order valence-corrected chi connectivity index (χ4v) is 2.52. The molecule has 0 N–H and O–H groups in total. The lowest BCUT2D eigenvalue weighted by Crippen LogP contribution is -2.28. The third kappa shape index (κ3) is 3.05. The molecule has 2 rings (SSSR count). The average molecular weight is 268 g/mol. The van der Waals surface area contributed by atoms with Gasteiger partial charge < -0.3 is 4.74 Å². The summed E-state index contributed by atoms with van der Waals surface area (Å²) in [5.41, 5.74) is 0.360. The molecule has 0 heterocycles. The summed E-state index contributed by atoms with van der Waals surface area (Å²) in [4.78, 5) is 12.1. The minimum absolute atomic E-state index is 0.0142. The smallest absolute Gasteiger partial charge is 0.338 e. The number of ether oxygens (including phenoxy) is 1. The molecule has 0 aliphatic heterocycles. The number of hydrogen-bond acceptors (Lipinski definition) is 3. The third-order valence-electron chi connectivity index (χ3n) is 3.47. The van der Waals surface area contributed by atoms with Crippen LogP contribution in [0.15, 0.2) is 23.1 Å². The Morgan fingerprint density at radius 1 is 1.39 bits per heavy atom. The first-order chi connectivity index (χ1) is 8.58. The number of halogens is 1. The van der Waals surface area contributed by atoms with Gasteiger partial charge in [0.25, 0.3) is 0 Å². The van der Waals surface area contributed by atoms with Gasteiger partial charge in [0.05, 0.1) is 5.56 Å². The molecule has 0 amide bonds. The van der Waals surface area contributed by atoms with Gasteiger partial charge in [-0.2, -0.15) is 0 Å². The van der Waals surface area contributed by atoms with Crippen LogP contribution in [-0.4, -0.2) is 12.1 Å². The fraction of sp³-hybridized carbons (Fsp3) is 0.500. The van der Waals surface area contributed by atoms with E-state index in [-0.39, 0.29) is 17.0 Å². The molecular formula is C14H17FO2S. The number of benzene rings is 1. The predicted molar refractivity (Wildman–Crippen MR) is 70.5 cm³/mol. The molecule has 0 spiro atoms. The van der Waals surface area contributed by atoms with Gasteiger partial charge in [0, 0.05) is 4.90 Å². The molecule has 0 radical (unpaired) electrons. The van der Waals surface area contributed by atoms with Crippen LogP contribution in [0.3, 0.4) is 0 Å². The highest BCUT2D eigenvalue weighted by Crippen LogP contribution is 2.27. The van der Waals surface area contributed by atoms with Gasteiger partial charge in [-0.05, 0) is 43.4 Å². The van der Waals surface area contributed by atoms with Gasteiger partial charge in [-0.1, -0.05) is 13.3 Å². The Labute approximate surface area is 112 Å². The van der Waals surface area contributed by atoms with Crippen LogP contribution in [-0.2, 0) is 4.74 Å². The lowest BCUT2D eigenvalue weighted by molar-refractivity contribution is 0.00478. The molecule has 2 atom stereocenters. The van der Waals surface area contributed by atoms with Crippen molar-refractivity contribution in [2.24, 2.45) is 5.92 Å². The molecule has 98 valence electrons. The van der Waals surface area contributed by atoms with Crippen LogP contribution in [0, 0.1) is 11.7 Å². The topological polar surface area (TPSA) is 26.3 Å². The Morgan fingerprint density at radius 2 is 2.11 bits per heavy atom. The highest BCUT2D eigenvalue weighted by molar-refractivity contribution is 7.80. The molecule has 1 aliphatic rings. The Kier molecular flexibility index (Phi) is 4.27. The molecule has 1 fully saturated rings. The quantitative estimate of drug-likeness (QED) is 0.651. The lowest BCUT2D eigenvalue weighted by atomic mass is 9.88. The van der Waals surface area contributed by atoms with Crippen LogP contribution in [0.1, 0.15) is 43.0 Å². The van der Waals surface area contributed by atoms with Crippen LogP contribution in [0.5, 0.6) is 0 Å². The highest BCUT2D eigenvalue weighted by Gasteiger charge is 2.25. The maximum atomic E-state index is 13.1. The van der Waals surface area contributed by atoms with Gasteiger partial charge >= 0.3 is 5.97 Å². The van der Waals surface area contributed by atoms with Crippen molar-refractivity contribution in [2.75, 3.05) is 0 Å². The van der Waals surface area contributed by atoms with Crippen molar-refractivity contribution in [1.29, 1.82) is 0 Å². The molecule has 1 saturated carbocycles. The highest BCUT2D eigenvalue weighted by atomic mass is 32.1. The second kappa shape index (κ2) is 5.74. The molecule has 2 nitrogen and oxygen atoms in total. The molecule has 0 bridgehead atoms. The van der Waals surface area contributed by atoms with Crippen LogP contribution in [0.25, 0.3) is 0 Å². The summed E-state index contributed by atoms with van der Waals surface area (Å²) in [6.45, 7) is 2.10. The summed E-state index contributed by atoms with van der Waals surface area (Å²) in [6.07, 6.45) is 4.30. The van der Waals surface area contributed by atoms with Gasteiger partial charge in [-0.15, -0.1) is 12.6 Å². The number of carbonyl (C=O) groups excluding carboxylic acids is 1. The monoisotopic (exact) mass is 268 g/mol. The van der Waals surface area contributed by atoms with Crippen molar-refractivity contribution in [3.05, 3.63) is 29.6 Å². The van der Waals surface area contributed by atoms with E-state index in [0.717, 1.165) is 19.3 Å². The van der Waals surface area contributed by atoms with Gasteiger partial charge in [-0.3, -0.25) is 0 Å². The molecule has 4 heteroatoms. The van der Waals surface area contributed by atoms with Crippen LogP contribution in [0.4, 0.5) is 4.39 Å². The summed E-state index contributed by atoms with van der Waals surface area (Å²) in [5, 5.41) is 0. The third-order valence-corrected chi connectivity index (χ3v) is 3.82. The maximum Gasteiger partial charge on any atom is 0.338 e. The van der Waals surface area contributed by atoms with Crippen molar-refractivity contribution < 1.29 is 13.9 Å². The summed E-state index contributed by atoms with van der Waals surface area (Å²) >= 11 is 3.96. The van der Waals surface area contributed by atoms with Crippen molar-refractivity contribution in [1.82, 2.24) is 0 Å². The fourth-order valence-electron chi connectivity index (χ4n) is 2.30. The largest absolute Gasteiger partial charge is 0.459 e. The Hall–Kier alpha value is -1.03. The first kappa shape index (κ1) is 13.4. The van der Waals surface area contributed by atoms with Crippen molar-refractivity contribution >= 4 is 18.6 Å². The summed E-state index contributed by atoms with van der Waals surface area (Å²) in [5.74, 6) is -0.413.